The fraction of sp³-hybridized carbons (Fsp3) is 0.833. The number of nitrogens with zero attached hydrogens (tertiary/aromatic N) is 3. The zero-order valence-corrected chi connectivity index (χ0v) is 13.6. The first-order valence-corrected chi connectivity index (χ1v) is 8.58. The quantitative estimate of drug-likeness (QED) is 0.833. The highest BCUT2D eigenvalue weighted by atomic mass is 35.5. The van der Waals surface area contributed by atoms with Gasteiger partial charge in [-0.3, -0.25) is 0 Å². The summed E-state index contributed by atoms with van der Waals surface area (Å²) in [6.45, 7) is 0. The van der Waals surface area contributed by atoms with Crippen molar-refractivity contribution in [3.63, 3.8) is 0 Å². The molecule has 2 unspecified atom stereocenters. The minimum Gasteiger partial charge on any atom is -0.328 e. The number of nitrogens with two attached hydrogens (primary N) is 1. The van der Waals surface area contributed by atoms with E-state index in [0.29, 0.717) is 11.8 Å². The molecule has 2 aliphatic rings. The number of aromatic nitrogens is 3. The largest absolute Gasteiger partial charge is 0.328 e. The molecule has 21 heavy (non-hydrogen) atoms. The fourth-order valence-corrected chi connectivity index (χ4v) is 5.18. The van der Waals surface area contributed by atoms with Crippen LogP contribution in [0.4, 0.5) is 0 Å². The molecule has 3 rings (SSSR count). The Hall–Kier alpha value is -0.700. The Morgan fingerprint density at radius 2 is 1.95 bits per heavy atom. The van der Waals surface area contributed by atoms with Gasteiger partial charge in [0, 0.05) is 19.1 Å². The molecule has 2 fully saturated rings. The van der Waals surface area contributed by atoms with Gasteiger partial charge in [-0.1, -0.05) is 11.6 Å². The molecule has 1 aromatic heterocycles. The van der Waals surface area contributed by atoms with Crippen LogP contribution in [0.3, 0.4) is 0 Å². The van der Waals surface area contributed by atoms with Crippen molar-refractivity contribution >= 4 is 22.4 Å². The van der Waals surface area contributed by atoms with Crippen molar-refractivity contribution in [1.29, 1.82) is 0 Å². The van der Waals surface area contributed by atoms with Crippen molar-refractivity contribution < 1.29 is 8.42 Å². The maximum Gasteiger partial charge on any atom is 0.259 e. The third-order valence-electron chi connectivity index (χ3n) is 4.62. The molecule has 0 spiro atoms. The molecule has 2 atom stereocenters. The van der Waals surface area contributed by atoms with Crippen LogP contribution in [0.25, 0.3) is 0 Å². The molecule has 0 radical (unpaired) electrons. The van der Waals surface area contributed by atoms with Gasteiger partial charge in [0.05, 0.1) is 6.20 Å². The van der Waals surface area contributed by atoms with Gasteiger partial charge in [0.15, 0.2) is 5.03 Å². The second-order valence-corrected chi connectivity index (χ2v) is 7.69. The molecular weight excluding hydrogens is 314 g/mol. The summed E-state index contributed by atoms with van der Waals surface area (Å²) in [6.07, 6.45) is 6.39. The highest BCUT2D eigenvalue weighted by Gasteiger charge is 2.41. The number of hydrogen-bond acceptors (Lipinski definition) is 5. The zero-order chi connectivity index (χ0) is 14.3. The Balaban J connectivity index is 0.00000161. The van der Waals surface area contributed by atoms with Crippen LogP contribution in [0.5, 0.6) is 0 Å². The predicted octanol–water partition coefficient (Wildman–Crippen LogP) is 0.421. The summed E-state index contributed by atoms with van der Waals surface area (Å²) in [6, 6.07) is 0.216. The van der Waals surface area contributed by atoms with E-state index in [1.54, 1.807) is 7.05 Å². The molecule has 2 bridgehead atoms. The standard InChI is InChI=1S/C12H21N5O2S.ClH/c1-17-11(7-14-16-17)20(18,19)15-12-8-3-2-4-9(12)6-10(13)5-8;/h7-10,12,15H,2-6,13H2,1H3;1H. The van der Waals surface area contributed by atoms with Gasteiger partial charge in [-0.15, -0.1) is 17.5 Å². The molecular formula is C12H22ClN5O2S. The topological polar surface area (TPSA) is 103 Å². The van der Waals surface area contributed by atoms with Crippen LogP contribution < -0.4 is 10.5 Å². The van der Waals surface area contributed by atoms with E-state index >= 15 is 0 Å². The van der Waals surface area contributed by atoms with Crippen molar-refractivity contribution in [1.82, 2.24) is 19.7 Å². The average Bonchev–Trinajstić information content (AvgIpc) is 2.77. The second-order valence-electron chi connectivity index (χ2n) is 6.03. The number of hydrogen-bond donors (Lipinski definition) is 2. The Morgan fingerprint density at radius 1 is 1.33 bits per heavy atom. The lowest BCUT2D eigenvalue weighted by Crippen LogP contribution is -2.53. The predicted molar refractivity (Wildman–Crippen MR) is 80.4 cm³/mol. The molecule has 120 valence electrons. The van der Waals surface area contributed by atoms with Gasteiger partial charge in [-0.05, 0) is 37.5 Å². The third kappa shape index (κ3) is 3.23. The van der Waals surface area contributed by atoms with Crippen LogP contribution in [0, 0.1) is 11.8 Å². The Morgan fingerprint density at radius 3 is 2.48 bits per heavy atom. The van der Waals surface area contributed by atoms with Crippen LogP contribution >= 0.6 is 12.4 Å². The third-order valence-corrected chi connectivity index (χ3v) is 6.12. The maximum atomic E-state index is 12.5. The van der Waals surface area contributed by atoms with Gasteiger partial charge in [0.2, 0.25) is 0 Å². The Labute approximate surface area is 131 Å². The lowest BCUT2D eigenvalue weighted by atomic mass is 9.67. The molecule has 1 aromatic rings. The SMILES string of the molecule is Cl.Cn1nncc1S(=O)(=O)NC1C2CCCC1CC(N)C2. The van der Waals surface area contributed by atoms with Gasteiger partial charge in [-0.25, -0.2) is 17.8 Å². The van der Waals surface area contributed by atoms with E-state index in [1.165, 1.54) is 17.3 Å². The van der Waals surface area contributed by atoms with E-state index in [4.69, 9.17) is 5.73 Å². The van der Waals surface area contributed by atoms with Gasteiger partial charge < -0.3 is 5.73 Å². The maximum absolute atomic E-state index is 12.5. The van der Waals surface area contributed by atoms with E-state index in [2.05, 4.69) is 15.0 Å². The smallest absolute Gasteiger partial charge is 0.259 e. The Bertz CT molecular complexity index is 576. The minimum atomic E-state index is -3.56. The number of rotatable bonds is 3. The number of sulfonamides is 1. The summed E-state index contributed by atoms with van der Waals surface area (Å²) in [4.78, 5) is 0. The van der Waals surface area contributed by atoms with Gasteiger partial charge in [0.25, 0.3) is 10.0 Å². The van der Waals surface area contributed by atoms with Crippen LogP contribution in [-0.4, -0.2) is 35.5 Å². The Kier molecular flexibility index (Phi) is 4.92. The normalized spacial score (nSPS) is 32.5. The molecule has 0 amide bonds. The summed E-state index contributed by atoms with van der Waals surface area (Å²) < 4.78 is 29.1. The van der Waals surface area contributed by atoms with Crippen molar-refractivity contribution in [2.75, 3.05) is 0 Å². The monoisotopic (exact) mass is 335 g/mol. The summed E-state index contributed by atoms with van der Waals surface area (Å²) in [5, 5.41) is 7.44. The number of fused-ring (bicyclic) bond motifs is 2. The van der Waals surface area contributed by atoms with Gasteiger partial charge in [-0.2, -0.15) is 0 Å². The highest BCUT2D eigenvalue weighted by Crippen LogP contribution is 2.40. The molecule has 2 aliphatic carbocycles. The van der Waals surface area contributed by atoms with E-state index in [-0.39, 0.29) is 29.5 Å². The zero-order valence-electron chi connectivity index (χ0n) is 12.0. The highest BCUT2D eigenvalue weighted by molar-refractivity contribution is 7.89. The average molecular weight is 336 g/mol. The molecule has 0 saturated heterocycles. The lowest BCUT2D eigenvalue weighted by molar-refractivity contribution is 0.125. The summed E-state index contributed by atoms with van der Waals surface area (Å²) in [5.74, 6) is 0.710. The van der Waals surface area contributed by atoms with Crippen LogP contribution in [0.15, 0.2) is 11.2 Å². The first-order valence-electron chi connectivity index (χ1n) is 7.10. The van der Waals surface area contributed by atoms with E-state index in [9.17, 15) is 8.42 Å². The molecule has 3 N–H and O–H groups in total. The van der Waals surface area contributed by atoms with E-state index in [0.717, 1.165) is 25.7 Å². The number of aryl methyl sites for hydroxylation is 1. The number of nitrogens with one attached hydrogen (secondary N) is 1. The molecule has 0 aromatic carbocycles. The van der Waals surface area contributed by atoms with Crippen LogP contribution in [0.1, 0.15) is 32.1 Å². The first kappa shape index (κ1) is 16.7. The molecule has 7 nitrogen and oxygen atoms in total. The number of halogens is 1. The minimum absolute atomic E-state index is 0. The van der Waals surface area contributed by atoms with Crippen molar-refractivity contribution in [3.05, 3.63) is 6.20 Å². The van der Waals surface area contributed by atoms with Gasteiger partial charge >= 0.3 is 0 Å². The summed E-state index contributed by atoms with van der Waals surface area (Å²) in [5.41, 5.74) is 6.07. The van der Waals surface area contributed by atoms with Gasteiger partial charge in [0.1, 0.15) is 0 Å². The molecule has 9 heteroatoms. The van der Waals surface area contributed by atoms with Crippen LogP contribution in [-0.2, 0) is 17.1 Å². The fourth-order valence-electron chi connectivity index (χ4n) is 3.74. The molecule has 0 aliphatic heterocycles. The van der Waals surface area contributed by atoms with E-state index in [1.807, 2.05) is 0 Å². The first-order chi connectivity index (χ1) is 9.47. The lowest BCUT2D eigenvalue weighted by Gasteiger charge is -2.44. The summed E-state index contributed by atoms with van der Waals surface area (Å²) >= 11 is 0. The summed E-state index contributed by atoms with van der Waals surface area (Å²) in [7, 11) is -1.98. The second kappa shape index (κ2) is 6.20. The molecule has 1 heterocycles. The van der Waals surface area contributed by atoms with Crippen molar-refractivity contribution in [2.45, 2.75) is 49.2 Å². The van der Waals surface area contributed by atoms with Crippen molar-refractivity contribution in [2.24, 2.45) is 24.6 Å². The van der Waals surface area contributed by atoms with Crippen molar-refractivity contribution in [3.8, 4) is 0 Å². The van der Waals surface area contributed by atoms with E-state index < -0.39 is 10.0 Å². The van der Waals surface area contributed by atoms with Crippen LogP contribution in [0.2, 0.25) is 0 Å². The molecule has 2 saturated carbocycles.